The van der Waals surface area contributed by atoms with E-state index in [9.17, 15) is 4.39 Å². The summed E-state index contributed by atoms with van der Waals surface area (Å²) in [5.41, 5.74) is 0.833. The van der Waals surface area contributed by atoms with E-state index in [0.29, 0.717) is 5.75 Å². The molecule has 0 amide bonds. The van der Waals surface area contributed by atoms with Gasteiger partial charge in [0.05, 0.1) is 7.11 Å². The first kappa shape index (κ1) is 13.8. The fourth-order valence-electron chi connectivity index (χ4n) is 3.04. The maximum absolute atomic E-state index is 14.4. The van der Waals surface area contributed by atoms with Crippen LogP contribution in [0, 0.1) is 11.7 Å². The minimum atomic E-state index is -0.131. The molecule has 1 aromatic rings. The predicted molar refractivity (Wildman–Crippen MR) is 77.5 cm³/mol. The molecule has 0 aromatic heterocycles. The Kier molecular flexibility index (Phi) is 4.22. The Balaban J connectivity index is 1.83. The highest BCUT2D eigenvalue weighted by Crippen LogP contribution is 2.41. The first-order valence-electron chi connectivity index (χ1n) is 7.56. The van der Waals surface area contributed by atoms with Crippen molar-refractivity contribution in [3.05, 3.63) is 29.6 Å². The summed E-state index contributed by atoms with van der Waals surface area (Å²) in [6.07, 6.45) is 3.70. The number of piperazine rings is 1. The summed E-state index contributed by atoms with van der Waals surface area (Å²) in [6.45, 7) is 4.00. The largest absolute Gasteiger partial charge is 0.497 e. The van der Waals surface area contributed by atoms with E-state index < -0.39 is 0 Å². The van der Waals surface area contributed by atoms with Crippen molar-refractivity contribution in [2.75, 3.05) is 33.3 Å². The Labute approximate surface area is 120 Å². The number of ether oxygens (including phenoxy) is 1. The first-order chi connectivity index (χ1) is 9.78. The Morgan fingerprint density at radius 1 is 1.35 bits per heavy atom. The van der Waals surface area contributed by atoms with Gasteiger partial charge >= 0.3 is 0 Å². The lowest BCUT2D eigenvalue weighted by atomic mass is 9.98. The van der Waals surface area contributed by atoms with E-state index in [4.69, 9.17) is 4.74 Å². The Hall–Kier alpha value is -1.13. The molecule has 2 aliphatic rings. The van der Waals surface area contributed by atoms with Crippen LogP contribution >= 0.6 is 0 Å². The van der Waals surface area contributed by atoms with Crippen molar-refractivity contribution in [2.24, 2.45) is 5.92 Å². The van der Waals surface area contributed by atoms with Crippen LogP contribution in [0.15, 0.2) is 18.2 Å². The number of nitrogens with one attached hydrogen (secondary N) is 1. The second kappa shape index (κ2) is 6.10. The van der Waals surface area contributed by atoms with Gasteiger partial charge in [-0.05, 0) is 18.4 Å². The van der Waals surface area contributed by atoms with Crippen molar-refractivity contribution in [3.8, 4) is 5.75 Å². The molecular formula is C16H23FN2O. The molecule has 0 radical (unpaired) electrons. The maximum atomic E-state index is 14.4. The molecule has 3 nitrogen and oxygen atoms in total. The van der Waals surface area contributed by atoms with Gasteiger partial charge in [0.2, 0.25) is 0 Å². The van der Waals surface area contributed by atoms with Crippen molar-refractivity contribution in [1.82, 2.24) is 10.2 Å². The molecule has 1 aliphatic carbocycles. The van der Waals surface area contributed by atoms with Gasteiger partial charge < -0.3 is 10.1 Å². The highest BCUT2D eigenvalue weighted by molar-refractivity contribution is 5.31. The van der Waals surface area contributed by atoms with Gasteiger partial charge in [-0.2, -0.15) is 0 Å². The predicted octanol–water partition coefficient (Wildman–Crippen LogP) is 2.58. The van der Waals surface area contributed by atoms with E-state index in [-0.39, 0.29) is 11.9 Å². The van der Waals surface area contributed by atoms with Gasteiger partial charge in [0.15, 0.2) is 0 Å². The third kappa shape index (κ3) is 3.13. The summed E-state index contributed by atoms with van der Waals surface area (Å²) in [5, 5.41) is 3.37. The van der Waals surface area contributed by atoms with Crippen LogP contribution in [-0.4, -0.2) is 38.2 Å². The van der Waals surface area contributed by atoms with Crippen molar-refractivity contribution >= 4 is 0 Å². The number of hydrogen-bond acceptors (Lipinski definition) is 3. The van der Waals surface area contributed by atoms with Gasteiger partial charge in [-0.15, -0.1) is 0 Å². The highest BCUT2D eigenvalue weighted by atomic mass is 19.1. The smallest absolute Gasteiger partial charge is 0.131 e. The van der Waals surface area contributed by atoms with Crippen LogP contribution < -0.4 is 10.1 Å². The molecule has 1 aromatic carbocycles. The fraction of sp³-hybridized carbons (Fsp3) is 0.625. The average molecular weight is 278 g/mol. The van der Waals surface area contributed by atoms with E-state index in [2.05, 4.69) is 10.2 Å². The minimum Gasteiger partial charge on any atom is -0.497 e. The van der Waals surface area contributed by atoms with E-state index in [1.807, 2.05) is 12.1 Å². The topological polar surface area (TPSA) is 24.5 Å². The lowest BCUT2D eigenvalue weighted by molar-refractivity contribution is 0.157. The van der Waals surface area contributed by atoms with Crippen LogP contribution in [0.4, 0.5) is 4.39 Å². The Morgan fingerprint density at radius 3 is 2.70 bits per heavy atom. The number of methoxy groups -OCH3 is 1. The normalized spacial score (nSPS) is 21.7. The second-order valence-electron chi connectivity index (χ2n) is 5.87. The van der Waals surface area contributed by atoms with Crippen LogP contribution in [0.1, 0.15) is 30.9 Å². The molecule has 110 valence electrons. The van der Waals surface area contributed by atoms with Gasteiger partial charge in [-0.3, -0.25) is 4.90 Å². The summed E-state index contributed by atoms with van der Waals surface area (Å²) < 4.78 is 19.5. The van der Waals surface area contributed by atoms with E-state index >= 15 is 0 Å². The van der Waals surface area contributed by atoms with Crippen molar-refractivity contribution in [2.45, 2.75) is 25.3 Å². The summed E-state index contributed by atoms with van der Waals surface area (Å²) in [5.74, 6) is 1.25. The lowest BCUT2D eigenvalue weighted by Gasteiger charge is -2.35. The molecule has 1 saturated carbocycles. The molecule has 1 heterocycles. The molecule has 0 bridgehead atoms. The summed E-state index contributed by atoms with van der Waals surface area (Å²) >= 11 is 0. The van der Waals surface area contributed by atoms with Crippen LogP contribution in [0.5, 0.6) is 5.75 Å². The quantitative estimate of drug-likeness (QED) is 0.896. The molecule has 2 fully saturated rings. The molecule has 1 aliphatic heterocycles. The molecule has 0 unspecified atom stereocenters. The van der Waals surface area contributed by atoms with E-state index in [1.54, 1.807) is 7.11 Å². The molecule has 1 atom stereocenters. The van der Waals surface area contributed by atoms with Gasteiger partial charge in [0, 0.05) is 43.9 Å². The molecule has 4 heteroatoms. The van der Waals surface area contributed by atoms with Crippen LogP contribution in [-0.2, 0) is 0 Å². The van der Waals surface area contributed by atoms with Crippen LogP contribution in [0.25, 0.3) is 0 Å². The summed E-state index contributed by atoms with van der Waals surface area (Å²) in [7, 11) is 1.58. The van der Waals surface area contributed by atoms with Crippen LogP contribution in [0.2, 0.25) is 0 Å². The first-order valence-corrected chi connectivity index (χ1v) is 7.56. The van der Waals surface area contributed by atoms with Gasteiger partial charge in [-0.1, -0.05) is 18.9 Å². The molecule has 1 saturated heterocycles. The molecular weight excluding hydrogens is 255 g/mol. The molecule has 3 rings (SSSR count). The zero-order valence-corrected chi connectivity index (χ0v) is 12.1. The Bertz CT molecular complexity index is 456. The minimum absolute atomic E-state index is 0.131. The highest BCUT2D eigenvalue weighted by Gasteiger charge is 2.31. The third-order valence-corrected chi connectivity index (χ3v) is 4.41. The van der Waals surface area contributed by atoms with Crippen LogP contribution in [0.3, 0.4) is 0 Å². The molecule has 20 heavy (non-hydrogen) atoms. The van der Waals surface area contributed by atoms with Gasteiger partial charge in [-0.25, -0.2) is 4.39 Å². The summed E-state index contributed by atoms with van der Waals surface area (Å²) in [4.78, 5) is 2.43. The number of nitrogens with zero attached hydrogens (tertiary/aromatic N) is 1. The SMILES string of the molecule is COc1ccc([C@H](CC2CC2)N2CCNCC2)c(F)c1. The van der Waals surface area contributed by atoms with Crippen molar-refractivity contribution in [1.29, 1.82) is 0 Å². The fourth-order valence-corrected chi connectivity index (χ4v) is 3.04. The van der Waals surface area contributed by atoms with Crippen molar-refractivity contribution < 1.29 is 9.13 Å². The van der Waals surface area contributed by atoms with Gasteiger partial charge in [0.1, 0.15) is 11.6 Å². The van der Waals surface area contributed by atoms with Gasteiger partial charge in [0.25, 0.3) is 0 Å². The molecule has 0 spiro atoms. The monoisotopic (exact) mass is 278 g/mol. The third-order valence-electron chi connectivity index (χ3n) is 4.41. The second-order valence-corrected chi connectivity index (χ2v) is 5.87. The average Bonchev–Trinajstić information content (AvgIpc) is 3.30. The zero-order chi connectivity index (χ0) is 13.9. The van der Waals surface area contributed by atoms with Crippen molar-refractivity contribution in [3.63, 3.8) is 0 Å². The molecule has 1 N–H and O–H groups in total. The number of hydrogen-bond donors (Lipinski definition) is 1. The number of halogens is 1. The zero-order valence-electron chi connectivity index (χ0n) is 12.1. The Morgan fingerprint density at radius 2 is 2.10 bits per heavy atom. The summed E-state index contributed by atoms with van der Waals surface area (Å²) in [6, 6.07) is 5.51. The lowest BCUT2D eigenvalue weighted by Crippen LogP contribution is -2.45. The van der Waals surface area contributed by atoms with E-state index in [0.717, 1.165) is 44.1 Å². The maximum Gasteiger partial charge on any atom is 0.131 e. The standard InChI is InChI=1S/C16H23FN2O/c1-20-13-4-5-14(15(17)11-13)16(10-12-2-3-12)19-8-6-18-7-9-19/h4-5,11-12,16,18H,2-3,6-10H2,1H3/t16-/m0/s1. The number of benzene rings is 1. The number of rotatable bonds is 5. The van der Waals surface area contributed by atoms with E-state index in [1.165, 1.54) is 18.9 Å².